The van der Waals surface area contributed by atoms with Crippen LogP contribution in [0.5, 0.6) is 0 Å². The van der Waals surface area contributed by atoms with E-state index in [0.717, 1.165) is 18.4 Å². The predicted molar refractivity (Wildman–Crippen MR) is 63.1 cm³/mol. The second-order valence-corrected chi connectivity index (χ2v) is 5.17. The molecule has 0 bridgehead atoms. The molecule has 0 saturated heterocycles. The first-order chi connectivity index (χ1) is 7.13. The Morgan fingerprint density at radius 2 is 2.20 bits per heavy atom. The van der Waals surface area contributed by atoms with Gasteiger partial charge in [-0.1, -0.05) is 27.7 Å². The highest BCUT2D eigenvalue weighted by Gasteiger charge is 2.27. The van der Waals surface area contributed by atoms with Crippen molar-refractivity contribution in [3.8, 4) is 0 Å². The van der Waals surface area contributed by atoms with E-state index in [1.807, 2.05) is 0 Å². The van der Waals surface area contributed by atoms with Crippen molar-refractivity contribution in [1.82, 2.24) is 9.78 Å². The van der Waals surface area contributed by atoms with Crippen LogP contribution in [0.25, 0.3) is 0 Å². The molecule has 0 aliphatic carbocycles. The van der Waals surface area contributed by atoms with Gasteiger partial charge >= 0.3 is 0 Å². The van der Waals surface area contributed by atoms with Crippen LogP contribution in [0, 0.1) is 5.92 Å². The summed E-state index contributed by atoms with van der Waals surface area (Å²) in [5.74, 6) is 2.08. The number of rotatable bonds is 3. The van der Waals surface area contributed by atoms with Gasteiger partial charge in [0.05, 0.1) is 5.69 Å². The van der Waals surface area contributed by atoms with E-state index in [9.17, 15) is 0 Å². The lowest BCUT2D eigenvalue weighted by atomic mass is 9.91. The third-order valence-electron chi connectivity index (χ3n) is 3.78. The minimum atomic E-state index is 0.607. The van der Waals surface area contributed by atoms with Crippen LogP contribution in [0.1, 0.15) is 63.8 Å². The fraction of sp³-hybridized carbons (Fsp3) is 0.769. The highest BCUT2D eigenvalue weighted by molar-refractivity contribution is 5.20. The van der Waals surface area contributed by atoms with E-state index in [4.69, 9.17) is 5.10 Å². The third kappa shape index (κ3) is 1.82. The van der Waals surface area contributed by atoms with Crippen molar-refractivity contribution in [3.05, 3.63) is 17.5 Å². The van der Waals surface area contributed by atoms with Gasteiger partial charge in [-0.15, -0.1) is 0 Å². The van der Waals surface area contributed by atoms with Gasteiger partial charge in [0, 0.05) is 18.2 Å². The summed E-state index contributed by atoms with van der Waals surface area (Å²) in [5, 5.41) is 4.71. The van der Waals surface area contributed by atoms with Crippen molar-refractivity contribution in [3.63, 3.8) is 0 Å². The third-order valence-corrected chi connectivity index (χ3v) is 3.78. The molecule has 0 aromatic carbocycles. The average Bonchev–Trinajstić information content (AvgIpc) is 2.73. The van der Waals surface area contributed by atoms with E-state index in [0.29, 0.717) is 5.92 Å². The van der Waals surface area contributed by atoms with E-state index >= 15 is 0 Å². The van der Waals surface area contributed by atoms with Crippen LogP contribution in [-0.2, 0) is 6.54 Å². The summed E-state index contributed by atoms with van der Waals surface area (Å²) in [6.07, 6.45) is 2.46. The molecule has 2 heteroatoms. The number of hydrogen-bond acceptors (Lipinski definition) is 1. The highest BCUT2D eigenvalue weighted by atomic mass is 15.3. The molecule has 2 atom stereocenters. The van der Waals surface area contributed by atoms with E-state index in [1.165, 1.54) is 24.2 Å². The van der Waals surface area contributed by atoms with Gasteiger partial charge in [0.15, 0.2) is 0 Å². The monoisotopic (exact) mass is 206 g/mol. The number of fused-ring (bicyclic) bond motifs is 1. The van der Waals surface area contributed by atoms with Crippen LogP contribution in [0.4, 0.5) is 0 Å². The van der Waals surface area contributed by atoms with Gasteiger partial charge in [0.1, 0.15) is 0 Å². The summed E-state index contributed by atoms with van der Waals surface area (Å²) in [6.45, 7) is 10.2. The molecule has 1 aliphatic rings. The summed E-state index contributed by atoms with van der Waals surface area (Å²) in [7, 11) is 0. The fourth-order valence-electron chi connectivity index (χ4n) is 2.46. The minimum absolute atomic E-state index is 0.607. The number of hydrogen-bond donors (Lipinski definition) is 0. The van der Waals surface area contributed by atoms with Gasteiger partial charge in [0.25, 0.3) is 0 Å². The molecule has 0 amide bonds. The summed E-state index contributed by atoms with van der Waals surface area (Å²) in [6, 6.07) is 2.34. The molecule has 2 unspecified atom stereocenters. The van der Waals surface area contributed by atoms with Crippen molar-refractivity contribution in [1.29, 1.82) is 0 Å². The Morgan fingerprint density at radius 1 is 1.47 bits per heavy atom. The molecule has 1 aromatic heterocycles. The normalized spacial score (nSPS) is 22.1. The molecule has 1 aliphatic heterocycles. The van der Waals surface area contributed by atoms with Crippen molar-refractivity contribution in [2.45, 2.75) is 58.9 Å². The van der Waals surface area contributed by atoms with Crippen LogP contribution in [-0.4, -0.2) is 9.78 Å². The lowest BCUT2D eigenvalue weighted by Crippen LogP contribution is -2.02. The highest BCUT2D eigenvalue weighted by Crippen LogP contribution is 2.35. The van der Waals surface area contributed by atoms with Gasteiger partial charge in [-0.3, -0.25) is 4.68 Å². The first-order valence-electron chi connectivity index (χ1n) is 6.21. The fourth-order valence-corrected chi connectivity index (χ4v) is 2.46. The quantitative estimate of drug-likeness (QED) is 0.739. The largest absolute Gasteiger partial charge is 0.269 e. The van der Waals surface area contributed by atoms with Crippen molar-refractivity contribution >= 4 is 0 Å². The van der Waals surface area contributed by atoms with Gasteiger partial charge < -0.3 is 0 Å². The summed E-state index contributed by atoms with van der Waals surface area (Å²) >= 11 is 0. The van der Waals surface area contributed by atoms with Crippen LogP contribution in [0.2, 0.25) is 0 Å². The summed E-state index contributed by atoms with van der Waals surface area (Å²) in [5.41, 5.74) is 2.76. The molecule has 0 radical (unpaired) electrons. The van der Waals surface area contributed by atoms with E-state index in [1.54, 1.807) is 0 Å². The SMILES string of the molecule is CCC(C)c1cc2n(n1)CCC2C(C)C. The molecule has 2 rings (SSSR count). The zero-order valence-electron chi connectivity index (χ0n) is 10.3. The second kappa shape index (κ2) is 3.99. The first-order valence-corrected chi connectivity index (χ1v) is 6.21. The molecule has 0 saturated carbocycles. The maximum absolute atomic E-state index is 4.71. The van der Waals surface area contributed by atoms with Crippen LogP contribution < -0.4 is 0 Å². The Hall–Kier alpha value is -0.790. The van der Waals surface area contributed by atoms with Gasteiger partial charge in [-0.2, -0.15) is 5.10 Å². The lowest BCUT2D eigenvalue weighted by molar-refractivity contribution is 0.492. The van der Waals surface area contributed by atoms with Crippen LogP contribution in [0.3, 0.4) is 0 Å². The van der Waals surface area contributed by atoms with Gasteiger partial charge in [0.2, 0.25) is 0 Å². The Morgan fingerprint density at radius 3 is 2.80 bits per heavy atom. The second-order valence-electron chi connectivity index (χ2n) is 5.17. The van der Waals surface area contributed by atoms with Gasteiger partial charge in [-0.25, -0.2) is 0 Å². The summed E-state index contributed by atoms with van der Waals surface area (Å²) in [4.78, 5) is 0. The molecule has 2 nitrogen and oxygen atoms in total. The number of nitrogens with zero attached hydrogens (tertiary/aromatic N) is 2. The predicted octanol–water partition coefficient (Wildman–Crippen LogP) is 3.54. The van der Waals surface area contributed by atoms with E-state index in [2.05, 4.69) is 38.4 Å². The Balaban J connectivity index is 2.26. The minimum Gasteiger partial charge on any atom is -0.269 e. The van der Waals surface area contributed by atoms with Crippen molar-refractivity contribution in [2.75, 3.05) is 0 Å². The maximum Gasteiger partial charge on any atom is 0.0655 e. The van der Waals surface area contributed by atoms with Crippen molar-refractivity contribution in [2.24, 2.45) is 5.92 Å². The molecule has 0 N–H and O–H groups in total. The lowest BCUT2D eigenvalue weighted by Gasteiger charge is -2.12. The van der Waals surface area contributed by atoms with Crippen LogP contribution >= 0.6 is 0 Å². The first kappa shape index (κ1) is 10.7. The van der Waals surface area contributed by atoms with Crippen molar-refractivity contribution < 1.29 is 0 Å². The maximum atomic E-state index is 4.71. The Bertz CT molecular complexity index is 338. The molecule has 84 valence electrons. The number of aromatic nitrogens is 2. The Labute approximate surface area is 92.7 Å². The molecule has 0 fully saturated rings. The molecular formula is C13H22N2. The van der Waals surface area contributed by atoms with Gasteiger partial charge in [-0.05, 0) is 30.7 Å². The number of aryl methyl sites for hydroxylation is 1. The van der Waals surface area contributed by atoms with E-state index in [-0.39, 0.29) is 0 Å². The summed E-state index contributed by atoms with van der Waals surface area (Å²) < 4.78 is 2.23. The van der Waals surface area contributed by atoms with E-state index < -0.39 is 0 Å². The zero-order chi connectivity index (χ0) is 11.0. The van der Waals surface area contributed by atoms with Crippen LogP contribution in [0.15, 0.2) is 6.07 Å². The standard InChI is InChI=1S/C13H22N2/c1-5-10(4)12-8-13-11(9(2)3)6-7-15(13)14-12/h8-11H,5-7H2,1-4H3. The smallest absolute Gasteiger partial charge is 0.0655 e. The Kier molecular flexibility index (Phi) is 2.85. The molecule has 15 heavy (non-hydrogen) atoms. The zero-order valence-corrected chi connectivity index (χ0v) is 10.3. The topological polar surface area (TPSA) is 17.8 Å². The average molecular weight is 206 g/mol. The molecule has 1 aromatic rings. The molecule has 0 spiro atoms. The molecular weight excluding hydrogens is 184 g/mol. The molecule has 2 heterocycles.